The summed E-state index contributed by atoms with van der Waals surface area (Å²) in [5.41, 5.74) is 0. The first-order valence-corrected chi connectivity index (χ1v) is 16.0. The van der Waals surface area contributed by atoms with Crippen LogP contribution in [0.2, 0.25) is 0 Å². The Kier molecular flexibility index (Phi) is 11.9. The molecule has 0 atom stereocenters. The summed E-state index contributed by atoms with van der Waals surface area (Å²) >= 11 is 0. The molecule has 0 aliphatic rings. The molecule has 0 bridgehead atoms. The van der Waals surface area contributed by atoms with Crippen molar-refractivity contribution >= 4 is 19.7 Å². The van der Waals surface area contributed by atoms with Crippen LogP contribution in [-0.4, -0.2) is 36.2 Å². The Hall–Kier alpha value is -3.02. The summed E-state index contributed by atoms with van der Waals surface area (Å²) in [6.07, 6.45) is 1.40. The molecule has 8 nitrogen and oxygen atoms in total. The first-order chi connectivity index (χ1) is 19.6. The van der Waals surface area contributed by atoms with Gasteiger partial charge < -0.3 is 19.3 Å². The Bertz CT molecular complexity index is 1630. The summed E-state index contributed by atoms with van der Waals surface area (Å²) in [5, 5.41) is 11.2. The van der Waals surface area contributed by atoms with E-state index >= 15 is 0 Å². The molecule has 0 N–H and O–H groups in total. The van der Waals surface area contributed by atoms with E-state index in [0.717, 1.165) is 0 Å². The van der Waals surface area contributed by atoms with Crippen LogP contribution < -0.4 is 48.9 Å². The van der Waals surface area contributed by atoms with Crippen molar-refractivity contribution < 1.29 is 65.7 Å². The van der Waals surface area contributed by atoms with Gasteiger partial charge in [0.2, 0.25) is 19.7 Å². The molecule has 0 unspecified atom stereocenters. The van der Waals surface area contributed by atoms with E-state index in [1.54, 1.807) is 36.4 Å². The van der Waals surface area contributed by atoms with Crippen LogP contribution in [0.3, 0.4) is 0 Å². The molecular weight excluding hydrogens is 587 g/mol. The van der Waals surface area contributed by atoms with Gasteiger partial charge in [-0.15, -0.1) is 5.75 Å². The number of sulfone groups is 2. The molecule has 0 fully saturated rings. The van der Waals surface area contributed by atoms with Crippen molar-refractivity contribution in [3.05, 3.63) is 97.1 Å². The molecule has 42 heavy (non-hydrogen) atoms. The average Bonchev–Trinajstić information content (AvgIpc) is 2.95. The van der Waals surface area contributed by atoms with Gasteiger partial charge >= 0.3 is 29.6 Å². The van der Waals surface area contributed by atoms with E-state index in [2.05, 4.69) is 0 Å². The molecule has 4 rings (SSSR count). The second kappa shape index (κ2) is 14.9. The van der Waals surface area contributed by atoms with Crippen molar-refractivity contribution in [3.63, 3.8) is 0 Å². The second-order valence-electron chi connectivity index (χ2n) is 9.46. The van der Waals surface area contributed by atoms with Gasteiger partial charge in [-0.25, -0.2) is 16.8 Å². The van der Waals surface area contributed by atoms with Crippen molar-refractivity contribution in [1.29, 1.82) is 0 Å². The van der Waals surface area contributed by atoms with Gasteiger partial charge in [-0.05, 0) is 112 Å². The molecule has 4 aromatic carbocycles. The van der Waals surface area contributed by atoms with Crippen LogP contribution >= 0.6 is 0 Å². The van der Waals surface area contributed by atoms with Gasteiger partial charge in [0.15, 0.2) is 0 Å². The number of benzene rings is 4. The van der Waals surface area contributed by atoms with Gasteiger partial charge in [-0.2, -0.15) is 0 Å². The van der Waals surface area contributed by atoms with Crippen LogP contribution in [0, 0.1) is 0 Å². The number of rotatable bonds is 13. The van der Waals surface area contributed by atoms with E-state index in [4.69, 9.17) is 14.2 Å². The van der Waals surface area contributed by atoms with Crippen molar-refractivity contribution in [2.24, 2.45) is 0 Å². The summed E-state index contributed by atoms with van der Waals surface area (Å²) in [4.78, 5) is 0.540. The predicted octanol–water partition coefficient (Wildman–Crippen LogP) is 2.46. The standard InChI is InChI=1S/C31H32O8S2.Na/c1-23(2)39-27-11-19-31(20-12-27)41(35,36)30-17-9-26(10-18-30)38-22-4-3-21-37-25-7-15-29(16-8-25)40(33,34)28-13-5-24(32)6-14-28;/h5-20,23,32H,3-4,21-22H2,1-2H3;/q;+1/p-1. The van der Waals surface area contributed by atoms with E-state index < -0.39 is 19.7 Å². The summed E-state index contributed by atoms with van der Waals surface area (Å²) in [6.45, 7) is 4.64. The molecule has 0 saturated heterocycles. The van der Waals surface area contributed by atoms with Gasteiger partial charge in [-0.1, -0.05) is 12.1 Å². The largest absolute Gasteiger partial charge is 1.00 e. The molecule has 11 heteroatoms. The topological polar surface area (TPSA) is 119 Å². The van der Waals surface area contributed by atoms with E-state index in [0.29, 0.717) is 43.3 Å². The Balaban J connectivity index is 0.00000484. The van der Waals surface area contributed by atoms with Gasteiger partial charge in [0, 0.05) is 0 Å². The normalized spacial score (nSPS) is 11.5. The SMILES string of the molecule is CC(C)Oc1ccc(S(=O)(=O)c2ccc(OCCCCOc3ccc(S(=O)(=O)c4ccc([O-])cc4)cc3)cc2)cc1.[Na+]. The van der Waals surface area contributed by atoms with Crippen LogP contribution in [-0.2, 0) is 19.7 Å². The number of unbranched alkanes of at least 4 members (excludes halogenated alkanes) is 1. The van der Waals surface area contributed by atoms with E-state index in [9.17, 15) is 21.9 Å². The second-order valence-corrected chi connectivity index (χ2v) is 13.4. The Morgan fingerprint density at radius 1 is 0.548 bits per heavy atom. The average molecular weight is 619 g/mol. The van der Waals surface area contributed by atoms with E-state index in [1.807, 2.05) is 13.8 Å². The Morgan fingerprint density at radius 2 is 0.857 bits per heavy atom. The van der Waals surface area contributed by atoms with Crippen LogP contribution in [0.1, 0.15) is 26.7 Å². The third-order valence-electron chi connectivity index (χ3n) is 5.98. The maximum Gasteiger partial charge on any atom is 1.00 e. The first kappa shape index (κ1) is 33.5. The van der Waals surface area contributed by atoms with Crippen molar-refractivity contribution in [1.82, 2.24) is 0 Å². The zero-order valence-corrected chi connectivity index (χ0v) is 27.4. The molecule has 0 amide bonds. The molecule has 0 aromatic heterocycles. The quantitative estimate of drug-likeness (QED) is 0.166. The Morgan fingerprint density at radius 3 is 1.19 bits per heavy atom. The van der Waals surface area contributed by atoms with Gasteiger partial charge in [0.1, 0.15) is 17.2 Å². The molecule has 4 aromatic rings. The number of hydrogen-bond donors (Lipinski definition) is 0. The molecular formula is C31H31NaO8S2. The predicted molar refractivity (Wildman–Crippen MR) is 152 cm³/mol. The fraction of sp³-hybridized carbons (Fsp3) is 0.226. The van der Waals surface area contributed by atoms with Crippen LogP contribution in [0.25, 0.3) is 0 Å². The minimum atomic E-state index is -3.71. The molecule has 0 spiro atoms. The summed E-state index contributed by atoms with van der Waals surface area (Å²) in [6, 6.07) is 23.8. The third kappa shape index (κ3) is 8.75. The van der Waals surface area contributed by atoms with E-state index in [-0.39, 0.29) is 61.0 Å². The van der Waals surface area contributed by atoms with Crippen molar-refractivity contribution in [2.45, 2.75) is 52.4 Å². The molecule has 0 heterocycles. The smallest absolute Gasteiger partial charge is 0.872 e. The molecule has 0 saturated carbocycles. The Labute approximate surface area is 269 Å². The van der Waals surface area contributed by atoms with Gasteiger partial charge in [0.25, 0.3) is 0 Å². The zero-order chi connectivity index (χ0) is 29.5. The molecule has 0 aliphatic heterocycles. The fourth-order valence-corrected chi connectivity index (χ4v) is 6.40. The minimum Gasteiger partial charge on any atom is -0.872 e. The summed E-state index contributed by atoms with van der Waals surface area (Å²) in [5.74, 6) is 1.46. The molecule has 216 valence electrons. The van der Waals surface area contributed by atoms with Gasteiger partial charge in [0.05, 0.1) is 38.9 Å². The zero-order valence-electron chi connectivity index (χ0n) is 23.7. The van der Waals surface area contributed by atoms with Crippen LogP contribution in [0.5, 0.6) is 23.0 Å². The number of hydrogen-bond acceptors (Lipinski definition) is 8. The van der Waals surface area contributed by atoms with Crippen molar-refractivity contribution in [3.8, 4) is 23.0 Å². The monoisotopic (exact) mass is 618 g/mol. The van der Waals surface area contributed by atoms with Gasteiger partial charge in [-0.3, -0.25) is 0 Å². The molecule has 0 radical (unpaired) electrons. The molecule has 0 aliphatic carbocycles. The first-order valence-electron chi connectivity index (χ1n) is 13.1. The summed E-state index contributed by atoms with van der Waals surface area (Å²) in [7, 11) is -7.37. The minimum absolute atomic E-state index is 0. The van der Waals surface area contributed by atoms with E-state index in [1.165, 1.54) is 60.7 Å². The number of ether oxygens (including phenoxy) is 3. The van der Waals surface area contributed by atoms with Crippen LogP contribution in [0.4, 0.5) is 0 Å². The van der Waals surface area contributed by atoms with Crippen LogP contribution in [0.15, 0.2) is 117 Å². The van der Waals surface area contributed by atoms with Crippen molar-refractivity contribution in [2.75, 3.05) is 13.2 Å². The maximum atomic E-state index is 12.9. The summed E-state index contributed by atoms with van der Waals surface area (Å²) < 4.78 is 68.3. The fourth-order valence-electron chi connectivity index (χ4n) is 3.87. The third-order valence-corrected chi connectivity index (χ3v) is 9.56. The maximum absolute atomic E-state index is 12.9.